The van der Waals surface area contributed by atoms with E-state index in [1.54, 1.807) is 7.11 Å². The Hall–Kier alpha value is -1.28. The number of alkyl halides is 1. The number of ether oxygens (including phenoxy) is 1. The van der Waals surface area contributed by atoms with Crippen molar-refractivity contribution < 1.29 is 4.74 Å². The lowest BCUT2D eigenvalue weighted by molar-refractivity contribution is 0.420. The minimum absolute atomic E-state index is 0.896. The van der Waals surface area contributed by atoms with Crippen molar-refractivity contribution in [3.8, 4) is 5.75 Å². The summed E-state index contributed by atoms with van der Waals surface area (Å²) in [4.78, 5) is 0. The molecule has 0 bridgehead atoms. The molecule has 2 aromatic carbocycles. The van der Waals surface area contributed by atoms with Gasteiger partial charge in [-0.2, -0.15) is 0 Å². The summed E-state index contributed by atoms with van der Waals surface area (Å²) in [6, 6.07) is 12.4. The van der Waals surface area contributed by atoms with Crippen LogP contribution in [0.15, 0.2) is 42.0 Å². The number of hydrogen-bond donors (Lipinski definition) is 0. The van der Waals surface area contributed by atoms with Crippen LogP contribution in [0.5, 0.6) is 5.75 Å². The van der Waals surface area contributed by atoms with Crippen molar-refractivity contribution in [1.82, 2.24) is 0 Å². The largest absolute Gasteiger partial charge is 0.496 e. The van der Waals surface area contributed by atoms with Crippen LogP contribution in [0.2, 0.25) is 0 Å². The number of hydrogen-bond acceptors (Lipinski definition) is 1. The van der Waals surface area contributed by atoms with Crippen LogP contribution in [0.3, 0.4) is 0 Å². The van der Waals surface area contributed by atoms with E-state index in [2.05, 4.69) is 53.2 Å². The highest BCUT2D eigenvalue weighted by Crippen LogP contribution is 2.29. The molecule has 2 heteroatoms. The van der Waals surface area contributed by atoms with E-state index < -0.39 is 0 Å². The Labute approximate surface area is 110 Å². The van der Waals surface area contributed by atoms with Crippen molar-refractivity contribution in [3.05, 3.63) is 47.5 Å². The fraction of sp³-hybridized carbons (Fsp3) is 0.200. The molecular formula is C15H15BrO. The molecule has 17 heavy (non-hydrogen) atoms. The van der Waals surface area contributed by atoms with Crippen molar-refractivity contribution in [2.45, 2.75) is 6.92 Å². The highest BCUT2D eigenvalue weighted by molar-refractivity contribution is 9.09. The van der Waals surface area contributed by atoms with E-state index in [0.29, 0.717) is 0 Å². The Bertz CT molecular complexity index is 558. The van der Waals surface area contributed by atoms with Gasteiger partial charge < -0.3 is 4.74 Å². The van der Waals surface area contributed by atoms with Gasteiger partial charge in [0.1, 0.15) is 5.75 Å². The Morgan fingerprint density at radius 2 is 1.88 bits per heavy atom. The first-order valence-corrected chi connectivity index (χ1v) is 6.67. The lowest BCUT2D eigenvalue weighted by Gasteiger charge is -2.08. The zero-order valence-corrected chi connectivity index (χ0v) is 11.6. The van der Waals surface area contributed by atoms with Crippen LogP contribution in [0.4, 0.5) is 0 Å². The third-order valence-electron chi connectivity index (χ3n) is 2.75. The summed E-state index contributed by atoms with van der Waals surface area (Å²) < 4.78 is 5.38. The lowest BCUT2D eigenvalue weighted by Crippen LogP contribution is -1.87. The Balaban J connectivity index is 2.67. The molecule has 0 amide bonds. The van der Waals surface area contributed by atoms with E-state index in [4.69, 9.17) is 4.74 Å². The van der Waals surface area contributed by atoms with E-state index in [0.717, 1.165) is 16.5 Å². The Kier molecular flexibility index (Phi) is 3.85. The minimum Gasteiger partial charge on any atom is -0.496 e. The van der Waals surface area contributed by atoms with Gasteiger partial charge in [0.2, 0.25) is 0 Å². The maximum absolute atomic E-state index is 5.38. The van der Waals surface area contributed by atoms with Gasteiger partial charge in [0.15, 0.2) is 0 Å². The first-order valence-electron chi connectivity index (χ1n) is 5.55. The predicted octanol–water partition coefficient (Wildman–Crippen LogP) is 4.65. The summed E-state index contributed by atoms with van der Waals surface area (Å²) in [5.41, 5.74) is 2.54. The fourth-order valence-electron chi connectivity index (χ4n) is 1.90. The average molecular weight is 291 g/mol. The number of allylic oxidation sites excluding steroid dienone is 1. The maximum atomic E-state index is 5.38. The van der Waals surface area contributed by atoms with Gasteiger partial charge in [-0.3, -0.25) is 0 Å². The fourth-order valence-corrected chi connectivity index (χ4v) is 2.06. The van der Waals surface area contributed by atoms with Crippen LogP contribution < -0.4 is 4.74 Å². The second kappa shape index (κ2) is 5.37. The standard InChI is InChI=1S/C15H15BrO/c1-11(10-16)9-12-7-8-15(17-2)14-6-4-3-5-13(12)14/h3-9H,10H2,1-2H3. The van der Waals surface area contributed by atoms with Crippen molar-refractivity contribution in [2.75, 3.05) is 12.4 Å². The monoisotopic (exact) mass is 290 g/mol. The molecule has 0 aliphatic heterocycles. The Morgan fingerprint density at radius 1 is 1.18 bits per heavy atom. The molecule has 0 spiro atoms. The van der Waals surface area contributed by atoms with Crippen LogP contribution in [-0.4, -0.2) is 12.4 Å². The van der Waals surface area contributed by atoms with E-state index in [9.17, 15) is 0 Å². The third-order valence-corrected chi connectivity index (χ3v) is 3.63. The summed E-state index contributed by atoms with van der Waals surface area (Å²) >= 11 is 3.47. The van der Waals surface area contributed by atoms with Crippen LogP contribution in [-0.2, 0) is 0 Å². The smallest absolute Gasteiger partial charge is 0.126 e. The zero-order chi connectivity index (χ0) is 12.3. The first kappa shape index (κ1) is 12.2. The molecule has 2 rings (SSSR count). The second-order valence-electron chi connectivity index (χ2n) is 4.03. The highest BCUT2D eigenvalue weighted by atomic mass is 79.9. The third kappa shape index (κ3) is 2.52. The summed E-state index contributed by atoms with van der Waals surface area (Å²) in [6.45, 7) is 2.12. The molecule has 0 radical (unpaired) electrons. The van der Waals surface area contributed by atoms with Gasteiger partial charge in [0, 0.05) is 10.7 Å². The molecule has 0 aliphatic rings. The van der Waals surface area contributed by atoms with E-state index in [1.807, 2.05) is 12.1 Å². The first-order chi connectivity index (χ1) is 8.26. The molecule has 0 heterocycles. The molecular weight excluding hydrogens is 276 g/mol. The normalized spacial score (nSPS) is 11.8. The van der Waals surface area contributed by atoms with E-state index in [-0.39, 0.29) is 0 Å². The summed E-state index contributed by atoms with van der Waals surface area (Å²) in [5.74, 6) is 0.925. The Morgan fingerprint density at radius 3 is 2.53 bits per heavy atom. The number of fused-ring (bicyclic) bond motifs is 1. The van der Waals surface area contributed by atoms with Crippen LogP contribution in [0, 0.1) is 0 Å². The highest BCUT2D eigenvalue weighted by Gasteiger charge is 2.04. The summed E-state index contributed by atoms with van der Waals surface area (Å²) in [5, 5.41) is 3.28. The second-order valence-corrected chi connectivity index (χ2v) is 4.59. The molecule has 1 nitrogen and oxygen atoms in total. The van der Waals surface area contributed by atoms with Crippen LogP contribution in [0.25, 0.3) is 16.8 Å². The van der Waals surface area contributed by atoms with Gasteiger partial charge in [-0.05, 0) is 23.9 Å². The van der Waals surface area contributed by atoms with Crippen LogP contribution in [0.1, 0.15) is 12.5 Å². The minimum atomic E-state index is 0.896. The van der Waals surface area contributed by atoms with Crippen molar-refractivity contribution >= 4 is 32.8 Å². The van der Waals surface area contributed by atoms with Gasteiger partial charge >= 0.3 is 0 Å². The predicted molar refractivity (Wildman–Crippen MR) is 77.9 cm³/mol. The van der Waals surface area contributed by atoms with E-state index in [1.165, 1.54) is 16.5 Å². The van der Waals surface area contributed by atoms with Gasteiger partial charge in [-0.1, -0.05) is 57.9 Å². The number of rotatable bonds is 3. The van der Waals surface area contributed by atoms with Crippen molar-refractivity contribution in [1.29, 1.82) is 0 Å². The molecule has 0 atom stereocenters. The van der Waals surface area contributed by atoms with Crippen molar-refractivity contribution in [3.63, 3.8) is 0 Å². The molecule has 0 aliphatic carbocycles. The SMILES string of the molecule is COc1ccc(C=C(C)CBr)c2ccccc12. The van der Waals surface area contributed by atoms with Crippen molar-refractivity contribution in [2.24, 2.45) is 0 Å². The number of benzene rings is 2. The molecule has 0 fully saturated rings. The van der Waals surface area contributed by atoms with Crippen LogP contribution >= 0.6 is 15.9 Å². The molecule has 2 aromatic rings. The molecule has 0 unspecified atom stereocenters. The molecule has 0 saturated carbocycles. The average Bonchev–Trinajstić information content (AvgIpc) is 2.39. The van der Waals surface area contributed by atoms with Gasteiger partial charge in [0.25, 0.3) is 0 Å². The number of halogens is 1. The van der Waals surface area contributed by atoms with Gasteiger partial charge in [0.05, 0.1) is 7.11 Å². The molecule has 0 aromatic heterocycles. The maximum Gasteiger partial charge on any atom is 0.126 e. The summed E-state index contributed by atoms with van der Waals surface area (Å²) in [7, 11) is 1.71. The quantitative estimate of drug-likeness (QED) is 0.748. The molecule has 0 saturated heterocycles. The van der Waals surface area contributed by atoms with Gasteiger partial charge in [-0.15, -0.1) is 0 Å². The molecule has 0 N–H and O–H groups in total. The number of methoxy groups -OCH3 is 1. The lowest BCUT2D eigenvalue weighted by atomic mass is 10.0. The van der Waals surface area contributed by atoms with E-state index >= 15 is 0 Å². The molecule has 88 valence electrons. The van der Waals surface area contributed by atoms with Gasteiger partial charge in [-0.25, -0.2) is 0 Å². The summed E-state index contributed by atoms with van der Waals surface area (Å²) in [6.07, 6.45) is 2.20. The topological polar surface area (TPSA) is 9.23 Å². The zero-order valence-electron chi connectivity index (χ0n) is 10.0.